The van der Waals surface area contributed by atoms with Crippen LogP contribution in [0.1, 0.15) is 37.8 Å². The Labute approximate surface area is 122 Å². The van der Waals surface area contributed by atoms with E-state index < -0.39 is 0 Å². The Morgan fingerprint density at radius 3 is 2.80 bits per heavy atom. The average Bonchev–Trinajstić information content (AvgIpc) is 2.95. The fourth-order valence-corrected chi connectivity index (χ4v) is 3.24. The summed E-state index contributed by atoms with van der Waals surface area (Å²) in [6.45, 7) is 11.0. The number of fused-ring (bicyclic) bond motifs is 1. The van der Waals surface area contributed by atoms with Gasteiger partial charge in [-0.1, -0.05) is 26.0 Å². The van der Waals surface area contributed by atoms with E-state index in [1.54, 1.807) is 0 Å². The summed E-state index contributed by atoms with van der Waals surface area (Å²) >= 11 is 0. The molecule has 0 aromatic heterocycles. The van der Waals surface area contributed by atoms with Gasteiger partial charge in [-0.2, -0.15) is 0 Å². The van der Waals surface area contributed by atoms with E-state index in [0.717, 1.165) is 25.4 Å². The number of hydrogen-bond acceptors (Lipinski definition) is 3. The van der Waals surface area contributed by atoms with Crippen molar-refractivity contribution in [3.8, 4) is 5.75 Å². The van der Waals surface area contributed by atoms with Gasteiger partial charge in [0.1, 0.15) is 5.75 Å². The molecule has 1 N–H and O–H groups in total. The molecule has 1 saturated heterocycles. The molecule has 110 valence electrons. The van der Waals surface area contributed by atoms with Crippen molar-refractivity contribution in [2.45, 2.75) is 39.8 Å². The van der Waals surface area contributed by atoms with Crippen LogP contribution in [-0.2, 0) is 13.1 Å². The van der Waals surface area contributed by atoms with Crippen LogP contribution in [0.2, 0.25) is 0 Å². The lowest BCUT2D eigenvalue weighted by Gasteiger charge is -2.38. The van der Waals surface area contributed by atoms with Gasteiger partial charge in [0, 0.05) is 24.1 Å². The molecule has 2 aliphatic heterocycles. The summed E-state index contributed by atoms with van der Waals surface area (Å²) in [5.74, 6) is 1.09. The topological polar surface area (TPSA) is 24.5 Å². The molecule has 3 nitrogen and oxygen atoms in total. The van der Waals surface area contributed by atoms with Crippen LogP contribution in [0.3, 0.4) is 0 Å². The van der Waals surface area contributed by atoms with Gasteiger partial charge < -0.3 is 15.0 Å². The third-order valence-electron chi connectivity index (χ3n) is 4.93. The van der Waals surface area contributed by atoms with E-state index in [0.29, 0.717) is 5.41 Å². The van der Waals surface area contributed by atoms with Crippen LogP contribution in [0, 0.1) is 5.41 Å². The van der Waals surface area contributed by atoms with Crippen LogP contribution < -0.4 is 10.1 Å². The first-order valence-electron chi connectivity index (χ1n) is 7.87. The zero-order valence-corrected chi connectivity index (χ0v) is 12.7. The summed E-state index contributed by atoms with van der Waals surface area (Å²) in [6, 6.07) is 6.43. The Morgan fingerprint density at radius 1 is 1.25 bits per heavy atom. The van der Waals surface area contributed by atoms with Crippen LogP contribution in [0.25, 0.3) is 0 Å². The zero-order chi connectivity index (χ0) is 14.0. The third kappa shape index (κ3) is 2.84. The van der Waals surface area contributed by atoms with Crippen molar-refractivity contribution >= 4 is 0 Å². The molecule has 1 aromatic rings. The molecule has 1 fully saturated rings. The smallest absolute Gasteiger partial charge is 0.124 e. The van der Waals surface area contributed by atoms with Gasteiger partial charge in [-0.25, -0.2) is 0 Å². The maximum absolute atomic E-state index is 6.20. The second-order valence-electron chi connectivity index (χ2n) is 6.53. The van der Waals surface area contributed by atoms with Crippen molar-refractivity contribution in [2.75, 3.05) is 26.2 Å². The molecule has 0 amide bonds. The van der Waals surface area contributed by atoms with E-state index in [1.807, 2.05) is 0 Å². The van der Waals surface area contributed by atoms with Crippen LogP contribution in [0.5, 0.6) is 5.75 Å². The molecule has 0 aliphatic carbocycles. The molecule has 0 saturated carbocycles. The average molecular weight is 274 g/mol. The first-order chi connectivity index (χ1) is 9.70. The highest BCUT2D eigenvalue weighted by molar-refractivity contribution is 5.42. The molecular formula is C17H26N2O. The second-order valence-corrected chi connectivity index (χ2v) is 6.53. The molecule has 1 aromatic carbocycles. The lowest BCUT2D eigenvalue weighted by Crippen LogP contribution is -2.41. The van der Waals surface area contributed by atoms with E-state index in [1.165, 1.54) is 43.6 Å². The molecule has 0 radical (unpaired) electrons. The zero-order valence-electron chi connectivity index (χ0n) is 12.7. The standard InChI is InChI=1S/C17H26N2O/c1-3-19-9-7-17(2,8-10-19)13-20-16-6-4-5-14-11-18-12-15(14)16/h4-6,18H,3,7-13H2,1-2H3. The van der Waals surface area contributed by atoms with Gasteiger partial charge in [-0.3, -0.25) is 0 Å². The van der Waals surface area contributed by atoms with Crippen molar-refractivity contribution in [3.63, 3.8) is 0 Å². The molecular weight excluding hydrogens is 248 g/mol. The molecule has 20 heavy (non-hydrogen) atoms. The van der Waals surface area contributed by atoms with Gasteiger partial charge in [-0.05, 0) is 44.1 Å². The van der Waals surface area contributed by atoms with Gasteiger partial charge in [0.25, 0.3) is 0 Å². The van der Waals surface area contributed by atoms with Crippen molar-refractivity contribution in [1.29, 1.82) is 0 Å². The number of piperidine rings is 1. The Morgan fingerprint density at radius 2 is 2.05 bits per heavy atom. The molecule has 3 rings (SSSR count). The monoisotopic (exact) mass is 274 g/mol. The Balaban J connectivity index is 1.61. The largest absolute Gasteiger partial charge is 0.493 e. The van der Waals surface area contributed by atoms with Crippen LogP contribution in [0.15, 0.2) is 18.2 Å². The normalized spacial score (nSPS) is 21.7. The molecule has 0 bridgehead atoms. The minimum absolute atomic E-state index is 0.334. The Bertz CT molecular complexity index is 464. The van der Waals surface area contributed by atoms with Crippen molar-refractivity contribution < 1.29 is 4.74 Å². The minimum atomic E-state index is 0.334. The summed E-state index contributed by atoms with van der Waals surface area (Å²) in [5.41, 5.74) is 3.09. The first-order valence-corrected chi connectivity index (χ1v) is 7.87. The summed E-state index contributed by atoms with van der Waals surface area (Å²) < 4.78 is 6.20. The molecule has 0 atom stereocenters. The maximum atomic E-state index is 6.20. The van der Waals surface area contributed by atoms with Gasteiger partial charge in [0.15, 0.2) is 0 Å². The first kappa shape index (κ1) is 13.9. The number of likely N-dealkylation sites (tertiary alicyclic amines) is 1. The number of nitrogens with zero attached hydrogens (tertiary/aromatic N) is 1. The highest BCUT2D eigenvalue weighted by Crippen LogP contribution is 2.33. The maximum Gasteiger partial charge on any atom is 0.124 e. The summed E-state index contributed by atoms with van der Waals surface area (Å²) in [6.07, 6.45) is 2.49. The Kier molecular flexibility index (Phi) is 3.99. The van der Waals surface area contributed by atoms with Crippen LogP contribution >= 0.6 is 0 Å². The van der Waals surface area contributed by atoms with E-state index in [4.69, 9.17) is 4.74 Å². The van der Waals surface area contributed by atoms with Crippen molar-refractivity contribution in [3.05, 3.63) is 29.3 Å². The molecule has 0 unspecified atom stereocenters. The van der Waals surface area contributed by atoms with Crippen molar-refractivity contribution in [1.82, 2.24) is 10.2 Å². The quantitative estimate of drug-likeness (QED) is 0.913. The molecule has 0 spiro atoms. The van der Waals surface area contributed by atoms with E-state index >= 15 is 0 Å². The number of nitrogens with one attached hydrogen (secondary N) is 1. The summed E-state index contributed by atoms with van der Waals surface area (Å²) in [4.78, 5) is 2.53. The van der Waals surface area contributed by atoms with Crippen molar-refractivity contribution in [2.24, 2.45) is 5.41 Å². The van der Waals surface area contributed by atoms with Gasteiger partial charge in [0.2, 0.25) is 0 Å². The van der Waals surface area contributed by atoms with E-state index in [2.05, 4.69) is 42.3 Å². The number of ether oxygens (including phenoxy) is 1. The van der Waals surface area contributed by atoms with Gasteiger partial charge in [-0.15, -0.1) is 0 Å². The highest BCUT2D eigenvalue weighted by atomic mass is 16.5. The second kappa shape index (κ2) is 5.74. The Hall–Kier alpha value is -1.06. The van der Waals surface area contributed by atoms with Gasteiger partial charge in [0.05, 0.1) is 6.61 Å². The lowest BCUT2D eigenvalue weighted by atomic mass is 9.81. The summed E-state index contributed by atoms with van der Waals surface area (Å²) in [7, 11) is 0. The minimum Gasteiger partial charge on any atom is -0.493 e. The predicted molar refractivity (Wildman–Crippen MR) is 81.9 cm³/mol. The SMILES string of the molecule is CCN1CCC(C)(COc2cccc3c2CNC3)CC1. The molecule has 2 aliphatic rings. The fourth-order valence-electron chi connectivity index (χ4n) is 3.24. The fraction of sp³-hybridized carbons (Fsp3) is 0.647. The van der Waals surface area contributed by atoms with E-state index in [-0.39, 0.29) is 0 Å². The van der Waals surface area contributed by atoms with Gasteiger partial charge >= 0.3 is 0 Å². The predicted octanol–water partition coefficient (Wildman–Crippen LogP) is 2.79. The number of benzene rings is 1. The number of rotatable bonds is 4. The number of hydrogen-bond donors (Lipinski definition) is 1. The summed E-state index contributed by atoms with van der Waals surface area (Å²) in [5, 5.41) is 3.40. The lowest BCUT2D eigenvalue weighted by molar-refractivity contribution is 0.0711. The highest BCUT2D eigenvalue weighted by Gasteiger charge is 2.30. The molecule has 3 heteroatoms. The van der Waals surface area contributed by atoms with E-state index in [9.17, 15) is 0 Å². The molecule has 2 heterocycles. The third-order valence-corrected chi connectivity index (χ3v) is 4.93. The van der Waals surface area contributed by atoms with Crippen LogP contribution in [0.4, 0.5) is 0 Å². The van der Waals surface area contributed by atoms with Crippen LogP contribution in [-0.4, -0.2) is 31.1 Å².